The first-order valence-corrected chi connectivity index (χ1v) is 8.60. The predicted octanol–water partition coefficient (Wildman–Crippen LogP) is 2.91. The quantitative estimate of drug-likeness (QED) is 0.844. The van der Waals surface area contributed by atoms with Crippen LogP contribution in [-0.2, 0) is 10.0 Å². The van der Waals surface area contributed by atoms with Gasteiger partial charge in [0.05, 0.1) is 5.69 Å². The van der Waals surface area contributed by atoms with E-state index in [1.54, 1.807) is 11.2 Å². The van der Waals surface area contributed by atoms with Gasteiger partial charge in [0.2, 0.25) is 0 Å². The fourth-order valence-electron chi connectivity index (χ4n) is 2.44. The summed E-state index contributed by atoms with van der Waals surface area (Å²) in [5.41, 5.74) is 0.496. The summed E-state index contributed by atoms with van der Waals surface area (Å²) in [4.78, 5) is 3.99. The molecule has 0 saturated carbocycles. The van der Waals surface area contributed by atoms with E-state index in [9.17, 15) is 8.42 Å². The molecule has 1 fully saturated rings. The van der Waals surface area contributed by atoms with Crippen molar-refractivity contribution in [3.63, 3.8) is 0 Å². The van der Waals surface area contributed by atoms with E-state index >= 15 is 0 Å². The second kappa shape index (κ2) is 5.07. The van der Waals surface area contributed by atoms with E-state index < -0.39 is 10.0 Å². The number of nitrogens with zero attached hydrogens (tertiary/aromatic N) is 2. The second-order valence-electron chi connectivity index (χ2n) is 4.93. The molecule has 2 unspecified atom stereocenters. The van der Waals surface area contributed by atoms with Crippen LogP contribution in [0.25, 0.3) is 0 Å². The van der Waals surface area contributed by atoms with Crippen molar-refractivity contribution in [2.45, 2.75) is 43.9 Å². The number of halogens is 1. The van der Waals surface area contributed by atoms with Crippen LogP contribution >= 0.6 is 22.9 Å². The molecule has 4 nitrogen and oxygen atoms in total. The average molecular weight is 309 g/mol. The van der Waals surface area contributed by atoms with Crippen molar-refractivity contribution in [1.29, 1.82) is 0 Å². The van der Waals surface area contributed by atoms with Crippen LogP contribution in [0.3, 0.4) is 0 Å². The van der Waals surface area contributed by atoms with Crippen molar-refractivity contribution in [2.24, 2.45) is 5.92 Å². The van der Waals surface area contributed by atoms with E-state index in [0.29, 0.717) is 18.2 Å². The van der Waals surface area contributed by atoms with Crippen molar-refractivity contribution in [3.8, 4) is 0 Å². The molecule has 1 aliphatic heterocycles. The highest BCUT2D eigenvalue weighted by atomic mass is 35.5. The fourth-order valence-corrected chi connectivity index (χ4v) is 5.95. The van der Waals surface area contributed by atoms with E-state index in [0.717, 1.165) is 24.2 Å². The number of piperidine rings is 1. The number of aromatic nitrogens is 1. The van der Waals surface area contributed by atoms with Crippen molar-refractivity contribution >= 4 is 33.0 Å². The van der Waals surface area contributed by atoms with Crippen molar-refractivity contribution in [1.82, 2.24) is 9.29 Å². The molecule has 0 N–H and O–H groups in total. The molecule has 0 amide bonds. The first-order chi connectivity index (χ1) is 8.32. The largest absolute Gasteiger partial charge is 0.254 e. The predicted molar refractivity (Wildman–Crippen MR) is 73.6 cm³/mol. The minimum atomic E-state index is -3.44. The molecule has 1 aliphatic rings. The summed E-state index contributed by atoms with van der Waals surface area (Å²) in [6.07, 6.45) is 1.82. The molecule has 18 heavy (non-hydrogen) atoms. The van der Waals surface area contributed by atoms with Crippen LogP contribution in [0.15, 0.2) is 4.21 Å². The van der Waals surface area contributed by atoms with Gasteiger partial charge < -0.3 is 0 Å². The van der Waals surface area contributed by atoms with Gasteiger partial charge in [0.25, 0.3) is 10.0 Å². The van der Waals surface area contributed by atoms with Gasteiger partial charge in [-0.2, -0.15) is 4.31 Å². The van der Waals surface area contributed by atoms with E-state index in [1.165, 1.54) is 0 Å². The zero-order valence-corrected chi connectivity index (χ0v) is 13.1. The number of hydrogen-bond acceptors (Lipinski definition) is 4. The molecule has 1 saturated heterocycles. The molecule has 0 aromatic carbocycles. The summed E-state index contributed by atoms with van der Waals surface area (Å²) in [5, 5.41) is 0. The minimum Gasteiger partial charge on any atom is -0.229 e. The number of hydrogen-bond donors (Lipinski definition) is 0. The van der Waals surface area contributed by atoms with Crippen LogP contribution in [-0.4, -0.2) is 30.3 Å². The monoisotopic (exact) mass is 308 g/mol. The first kappa shape index (κ1) is 14.2. The number of rotatable bonds is 2. The van der Waals surface area contributed by atoms with Crippen LogP contribution in [0.2, 0.25) is 4.47 Å². The van der Waals surface area contributed by atoms with Gasteiger partial charge in [0.15, 0.2) is 8.68 Å². The average Bonchev–Trinajstić information content (AvgIpc) is 2.57. The van der Waals surface area contributed by atoms with Crippen LogP contribution in [0.5, 0.6) is 0 Å². The highest BCUT2D eigenvalue weighted by Gasteiger charge is 2.35. The molecule has 0 spiro atoms. The zero-order valence-electron chi connectivity index (χ0n) is 10.7. The maximum absolute atomic E-state index is 12.6. The molecule has 1 aromatic rings. The lowest BCUT2D eigenvalue weighted by molar-refractivity contribution is 0.220. The summed E-state index contributed by atoms with van der Waals surface area (Å²) in [6, 6.07) is 0.0408. The van der Waals surface area contributed by atoms with Crippen LogP contribution < -0.4 is 0 Å². The SMILES string of the molecule is Cc1nc(Cl)sc1S(=O)(=O)N1CCC(C)CC1C. The molecule has 2 rings (SSSR count). The molecule has 1 aromatic heterocycles. The Morgan fingerprint density at radius 2 is 2.11 bits per heavy atom. The van der Waals surface area contributed by atoms with Crippen molar-refractivity contribution in [3.05, 3.63) is 10.2 Å². The number of aryl methyl sites for hydroxylation is 1. The Kier molecular flexibility index (Phi) is 4.02. The first-order valence-electron chi connectivity index (χ1n) is 5.97. The van der Waals surface area contributed by atoms with E-state index in [4.69, 9.17) is 11.6 Å². The second-order valence-corrected chi connectivity index (χ2v) is 8.60. The Morgan fingerprint density at radius 1 is 1.44 bits per heavy atom. The van der Waals surface area contributed by atoms with Crippen molar-refractivity contribution < 1.29 is 8.42 Å². The number of sulfonamides is 1. The maximum atomic E-state index is 12.6. The standard InChI is InChI=1S/C11H17ClN2O2S2/c1-7-4-5-14(8(2)6-7)18(15,16)10-9(3)13-11(12)17-10/h7-8H,4-6H2,1-3H3. The van der Waals surface area contributed by atoms with Gasteiger partial charge in [-0.3, -0.25) is 0 Å². The molecule has 7 heteroatoms. The molecule has 0 aliphatic carbocycles. The lowest BCUT2D eigenvalue weighted by Crippen LogP contribution is -2.43. The third kappa shape index (κ3) is 2.57. The molecule has 2 atom stereocenters. The smallest absolute Gasteiger partial charge is 0.229 e. The van der Waals surface area contributed by atoms with Gasteiger partial charge in [-0.1, -0.05) is 29.9 Å². The van der Waals surface area contributed by atoms with E-state index in [1.807, 2.05) is 6.92 Å². The Hall–Kier alpha value is -0.170. The summed E-state index contributed by atoms with van der Waals surface area (Å²) < 4.78 is 27.3. The highest BCUT2D eigenvalue weighted by molar-refractivity contribution is 7.91. The Balaban J connectivity index is 2.34. The Morgan fingerprint density at radius 3 is 2.61 bits per heavy atom. The van der Waals surface area contributed by atoms with E-state index in [2.05, 4.69) is 11.9 Å². The molecule has 0 bridgehead atoms. The maximum Gasteiger partial charge on any atom is 0.254 e. The molecular formula is C11H17ClN2O2S2. The van der Waals surface area contributed by atoms with Crippen molar-refractivity contribution in [2.75, 3.05) is 6.54 Å². The van der Waals surface area contributed by atoms with Gasteiger partial charge in [-0.15, -0.1) is 0 Å². The number of thiazole rings is 1. The lowest BCUT2D eigenvalue weighted by Gasteiger charge is -2.35. The highest BCUT2D eigenvalue weighted by Crippen LogP contribution is 2.33. The fraction of sp³-hybridized carbons (Fsp3) is 0.727. The molecule has 102 valence electrons. The van der Waals surface area contributed by atoms with Crippen LogP contribution in [0.4, 0.5) is 0 Å². The summed E-state index contributed by atoms with van der Waals surface area (Å²) in [7, 11) is -3.44. The lowest BCUT2D eigenvalue weighted by atomic mass is 9.95. The topological polar surface area (TPSA) is 50.3 Å². The third-order valence-corrected chi connectivity index (χ3v) is 7.21. The Labute approximate surface area is 117 Å². The van der Waals surface area contributed by atoms with Gasteiger partial charge in [-0.05, 0) is 32.6 Å². The zero-order chi connectivity index (χ0) is 13.5. The summed E-state index contributed by atoms with van der Waals surface area (Å²) >= 11 is 6.84. The van der Waals surface area contributed by atoms with Crippen LogP contribution in [0.1, 0.15) is 32.4 Å². The molecular weight excluding hydrogens is 292 g/mol. The van der Waals surface area contributed by atoms with Gasteiger partial charge in [-0.25, -0.2) is 13.4 Å². The van der Waals surface area contributed by atoms with Crippen LogP contribution in [0, 0.1) is 12.8 Å². The van der Waals surface area contributed by atoms with E-state index in [-0.39, 0.29) is 14.7 Å². The van der Waals surface area contributed by atoms with Gasteiger partial charge in [0.1, 0.15) is 0 Å². The molecule has 0 radical (unpaired) electrons. The Bertz CT molecular complexity index is 541. The normalized spacial score (nSPS) is 26.4. The molecule has 2 heterocycles. The van der Waals surface area contributed by atoms with Gasteiger partial charge in [0, 0.05) is 12.6 Å². The van der Waals surface area contributed by atoms with Gasteiger partial charge >= 0.3 is 0 Å². The minimum absolute atomic E-state index is 0.0408. The third-order valence-electron chi connectivity index (χ3n) is 3.35. The summed E-state index contributed by atoms with van der Waals surface area (Å²) in [5.74, 6) is 0.581. The summed E-state index contributed by atoms with van der Waals surface area (Å²) in [6.45, 7) is 6.40.